The van der Waals surface area contributed by atoms with Crippen molar-refractivity contribution in [2.24, 2.45) is 5.92 Å². The smallest absolute Gasteiger partial charge is 0.409 e. The molecule has 0 aromatic carbocycles. The van der Waals surface area contributed by atoms with Crippen LogP contribution in [0, 0.1) is 12.8 Å². The molecule has 1 aromatic heterocycles. The number of allylic oxidation sites excluding steroid dienone is 2. The fourth-order valence-corrected chi connectivity index (χ4v) is 5.20. The fraction of sp³-hybridized carbons (Fsp3) is 0.615. The number of aryl methyl sites for hydroxylation is 1. The van der Waals surface area contributed by atoms with Crippen molar-refractivity contribution < 1.29 is 19.1 Å². The van der Waals surface area contributed by atoms with Gasteiger partial charge < -0.3 is 19.4 Å². The van der Waals surface area contributed by atoms with E-state index in [-0.39, 0.29) is 29.7 Å². The minimum atomic E-state index is -0.321. The summed E-state index contributed by atoms with van der Waals surface area (Å²) in [7, 11) is 0. The summed E-state index contributed by atoms with van der Waals surface area (Å²) in [6.07, 6.45) is 8.38. The number of hydrogen-bond acceptors (Lipinski definition) is 5. The molecule has 8 nitrogen and oxygen atoms in total. The van der Waals surface area contributed by atoms with Gasteiger partial charge in [0.05, 0.1) is 17.9 Å². The SMILES string of the molecule is CCOC(=O)N1CCN(C(=O)c2ccc(C)nc2C2CCN(C(=O)C3CC=CCC3)CC2)CC1. The molecule has 0 radical (unpaired) electrons. The number of amides is 3. The van der Waals surface area contributed by atoms with Crippen LogP contribution in [0.2, 0.25) is 0 Å². The largest absolute Gasteiger partial charge is 0.450 e. The minimum Gasteiger partial charge on any atom is -0.450 e. The zero-order valence-electron chi connectivity index (χ0n) is 20.4. The molecular formula is C26H36N4O4. The molecule has 3 aliphatic rings. The highest BCUT2D eigenvalue weighted by atomic mass is 16.6. The topological polar surface area (TPSA) is 83.1 Å². The van der Waals surface area contributed by atoms with E-state index in [1.54, 1.807) is 16.7 Å². The van der Waals surface area contributed by atoms with Gasteiger partial charge in [0.2, 0.25) is 5.91 Å². The standard InChI is InChI=1S/C26H36N4O4/c1-3-34-26(33)30-17-15-29(16-18-30)25(32)22-10-9-19(2)27-23(22)20-11-13-28(14-12-20)24(31)21-7-5-4-6-8-21/h4-5,9-10,20-21H,3,6-8,11-18H2,1-2H3. The maximum absolute atomic E-state index is 13.4. The first-order valence-corrected chi connectivity index (χ1v) is 12.6. The van der Waals surface area contributed by atoms with Crippen molar-refractivity contribution in [3.63, 3.8) is 0 Å². The van der Waals surface area contributed by atoms with Crippen molar-refractivity contribution in [2.45, 2.75) is 51.9 Å². The van der Waals surface area contributed by atoms with E-state index in [4.69, 9.17) is 9.72 Å². The molecule has 4 rings (SSSR count). The van der Waals surface area contributed by atoms with Gasteiger partial charge in [-0.3, -0.25) is 14.6 Å². The number of carbonyl (C=O) groups is 3. The van der Waals surface area contributed by atoms with E-state index < -0.39 is 0 Å². The molecular weight excluding hydrogens is 432 g/mol. The quantitative estimate of drug-likeness (QED) is 0.633. The summed E-state index contributed by atoms with van der Waals surface area (Å²) in [5.41, 5.74) is 2.40. The molecule has 0 spiro atoms. The molecule has 0 bridgehead atoms. The Hall–Kier alpha value is -2.90. The van der Waals surface area contributed by atoms with Crippen molar-refractivity contribution in [2.75, 3.05) is 45.9 Å². The molecule has 3 heterocycles. The summed E-state index contributed by atoms with van der Waals surface area (Å²) in [5, 5.41) is 0. The second-order valence-corrected chi connectivity index (χ2v) is 9.44. The van der Waals surface area contributed by atoms with Crippen molar-refractivity contribution in [1.82, 2.24) is 19.7 Å². The molecule has 2 saturated heterocycles. The Labute approximate surface area is 201 Å². The van der Waals surface area contributed by atoms with Gasteiger partial charge in [-0.1, -0.05) is 12.2 Å². The van der Waals surface area contributed by atoms with Crippen LogP contribution < -0.4 is 0 Å². The lowest BCUT2D eigenvalue weighted by Gasteiger charge is -2.36. The predicted octanol–water partition coefficient (Wildman–Crippen LogP) is 3.37. The van der Waals surface area contributed by atoms with Crippen molar-refractivity contribution in [1.29, 1.82) is 0 Å². The Morgan fingerprint density at radius 3 is 2.29 bits per heavy atom. The number of piperazine rings is 1. The molecule has 34 heavy (non-hydrogen) atoms. The van der Waals surface area contributed by atoms with Crippen molar-refractivity contribution in [3.05, 3.63) is 41.2 Å². The van der Waals surface area contributed by atoms with Crippen LogP contribution in [-0.2, 0) is 9.53 Å². The third kappa shape index (κ3) is 5.42. The van der Waals surface area contributed by atoms with Gasteiger partial charge in [0.15, 0.2) is 0 Å². The fourth-order valence-electron chi connectivity index (χ4n) is 5.20. The van der Waals surface area contributed by atoms with Crippen molar-refractivity contribution in [3.8, 4) is 0 Å². The first-order chi connectivity index (χ1) is 16.5. The summed E-state index contributed by atoms with van der Waals surface area (Å²) in [6, 6.07) is 3.78. The number of nitrogens with zero attached hydrogens (tertiary/aromatic N) is 4. The monoisotopic (exact) mass is 468 g/mol. The average Bonchev–Trinajstić information content (AvgIpc) is 2.88. The van der Waals surface area contributed by atoms with Gasteiger partial charge in [-0.15, -0.1) is 0 Å². The van der Waals surface area contributed by atoms with Gasteiger partial charge in [0.1, 0.15) is 0 Å². The number of hydrogen-bond donors (Lipinski definition) is 0. The normalized spacial score (nSPS) is 21.5. The number of piperidine rings is 1. The summed E-state index contributed by atoms with van der Waals surface area (Å²) >= 11 is 0. The Morgan fingerprint density at radius 2 is 1.65 bits per heavy atom. The van der Waals surface area contributed by atoms with Crippen LogP contribution in [0.5, 0.6) is 0 Å². The van der Waals surface area contributed by atoms with Gasteiger partial charge in [0.25, 0.3) is 5.91 Å². The number of rotatable bonds is 4. The molecule has 184 valence electrons. The highest BCUT2D eigenvalue weighted by molar-refractivity contribution is 5.95. The molecule has 1 atom stereocenters. The summed E-state index contributed by atoms with van der Waals surface area (Å²) in [5.74, 6) is 0.522. The van der Waals surface area contributed by atoms with Gasteiger partial charge in [-0.05, 0) is 58.1 Å². The van der Waals surface area contributed by atoms with Crippen molar-refractivity contribution >= 4 is 17.9 Å². The van der Waals surface area contributed by atoms with Crippen LogP contribution in [0.1, 0.15) is 66.7 Å². The van der Waals surface area contributed by atoms with E-state index in [0.717, 1.165) is 43.5 Å². The van der Waals surface area contributed by atoms with Gasteiger partial charge in [-0.2, -0.15) is 0 Å². The Bertz CT molecular complexity index is 931. The highest BCUT2D eigenvalue weighted by Crippen LogP contribution is 2.32. The van der Waals surface area contributed by atoms with E-state index in [0.29, 0.717) is 51.4 Å². The van der Waals surface area contributed by atoms with Gasteiger partial charge in [-0.25, -0.2) is 4.79 Å². The van der Waals surface area contributed by atoms with E-state index in [1.165, 1.54) is 0 Å². The molecule has 0 saturated carbocycles. The Morgan fingerprint density at radius 1 is 0.941 bits per heavy atom. The Kier molecular flexibility index (Phi) is 7.85. The predicted molar refractivity (Wildman–Crippen MR) is 129 cm³/mol. The van der Waals surface area contributed by atoms with Gasteiger partial charge in [0, 0.05) is 56.8 Å². The molecule has 1 aliphatic carbocycles. The van der Waals surface area contributed by atoms with Gasteiger partial charge >= 0.3 is 6.09 Å². The van der Waals surface area contributed by atoms with Crippen LogP contribution in [0.3, 0.4) is 0 Å². The lowest BCUT2D eigenvalue weighted by molar-refractivity contribution is -0.136. The van der Waals surface area contributed by atoms with Crippen LogP contribution in [0.25, 0.3) is 0 Å². The summed E-state index contributed by atoms with van der Waals surface area (Å²) in [4.78, 5) is 48.6. The maximum Gasteiger partial charge on any atom is 0.409 e. The number of carbonyl (C=O) groups excluding carboxylic acids is 3. The van der Waals surface area contributed by atoms with E-state index in [1.807, 2.05) is 24.0 Å². The van der Waals surface area contributed by atoms with Crippen LogP contribution in [0.4, 0.5) is 4.79 Å². The lowest BCUT2D eigenvalue weighted by Crippen LogP contribution is -2.51. The number of ether oxygens (including phenoxy) is 1. The highest BCUT2D eigenvalue weighted by Gasteiger charge is 2.32. The average molecular weight is 469 g/mol. The number of likely N-dealkylation sites (tertiary alicyclic amines) is 1. The third-order valence-electron chi connectivity index (χ3n) is 7.20. The first-order valence-electron chi connectivity index (χ1n) is 12.6. The zero-order chi connectivity index (χ0) is 24.1. The lowest BCUT2D eigenvalue weighted by atomic mass is 9.87. The third-order valence-corrected chi connectivity index (χ3v) is 7.20. The zero-order valence-corrected chi connectivity index (χ0v) is 20.4. The first kappa shape index (κ1) is 24.2. The Balaban J connectivity index is 1.40. The van der Waals surface area contributed by atoms with E-state index in [9.17, 15) is 14.4 Å². The second kappa shape index (κ2) is 11.0. The minimum absolute atomic E-state index is 0.0292. The molecule has 1 aromatic rings. The molecule has 2 aliphatic heterocycles. The molecule has 2 fully saturated rings. The summed E-state index contributed by atoms with van der Waals surface area (Å²) in [6.45, 7) is 7.41. The van der Waals surface area contributed by atoms with E-state index >= 15 is 0 Å². The molecule has 8 heteroatoms. The second-order valence-electron chi connectivity index (χ2n) is 9.44. The molecule has 3 amide bonds. The maximum atomic E-state index is 13.4. The summed E-state index contributed by atoms with van der Waals surface area (Å²) < 4.78 is 5.08. The molecule has 0 N–H and O–H groups in total. The number of aromatic nitrogens is 1. The molecule has 1 unspecified atom stereocenters. The van der Waals surface area contributed by atoms with Crippen LogP contribution in [0.15, 0.2) is 24.3 Å². The van der Waals surface area contributed by atoms with Crippen LogP contribution in [-0.4, -0.2) is 83.5 Å². The van der Waals surface area contributed by atoms with Crippen LogP contribution >= 0.6 is 0 Å². The number of pyridine rings is 1. The van der Waals surface area contributed by atoms with E-state index in [2.05, 4.69) is 12.2 Å².